The van der Waals surface area contributed by atoms with Gasteiger partial charge in [-0.05, 0) is 54.8 Å². The lowest BCUT2D eigenvalue weighted by molar-refractivity contribution is 0.0697. The number of carboxylic acids is 1. The molecular weight excluding hydrogens is 350 g/mol. The molecule has 0 radical (unpaired) electrons. The van der Waals surface area contributed by atoms with Crippen LogP contribution >= 0.6 is 0 Å². The molecule has 2 rings (SSSR count). The van der Waals surface area contributed by atoms with Crippen LogP contribution in [-0.2, 0) is 0 Å². The summed E-state index contributed by atoms with van der Waals surface area (Å²) in [5, 5.41) is 8.94. The summed E-state index contributed by atoms with van der Waals surface area (Å²) >= 11 is 0. The standard InChI is InChI=1S/C24H31NO3/c1-3-4-5-6-7-8-9-16-28-22-14-15-23(19(2)17-22)25-18-20-10-12-21(13-11-20)24(26)27/h10-15,17-18H,3-9,16H2,1-2H3,(H,26,27). The maximum absolute atomic E-state index is 10.9. The Kier molecular flexibility index (Phi) is 9.26. The van der Waals surface area contributed by atoms with Crippen molar-refractivity contribution in [2.75, 3.05) is 6.61 Å². The second-order valence-electron chi connectivity index (χ2n) is 7.10. The van der Waals surface area contributed by atoms with E-state index in [1.807, 2.05) is 25.1 Å². The molecule has 0 aliphatic rings. The normalized spacial score (nSPS) is 11.1. The van der Waals surface area contributed by atoms with E-state index in [9.17, 15) is 4.79 Å². The van der Waals surface area contributed by atoms with Crippen molar-refractivity contribution >= 4 is 17.9 Å². The number of carboxylic acid groups (broad SMARTS) is 1. The van der Waals surface area contributed by atoms with Gasteiger partial charge in [0.15, 0.2) is 0 Å². The summed E-state index contributed by atoms with van der Waals surface area (Å²) in [6, 6.07) is 12.6. The largest absolute Gasteiger partial charge is 0.494 e. The molecule has 0 aliphatic heterocycles. The number of hydrogen-bond donors (Lipinski definition) is 1. The van der Waals surface area contributed by atoms with Crippen LogP contribution in [0.15, 0.2) is 47.5 Å². The number of carbonyl (C=O) groups is 1. The van der Waals surface area contributed by atoms with E-state index in [1.54, 1.807) is 30.5 Å². The van der Waals surface area contributed by atoms with Gasteiger partial charge in [-0.3, -0.25) is 4.99 Å². The average Bonchev–Trinajstić information content (AvgIpc) is 2.69. The minimum atomic E-state index is -0.925. The second kappa shape index (κ2) is 12.0. The number of aliphatic imine (C=N–C) groups is 1. The summed E-state index contributed by atoms with van der Waals surface area (Å²) in [5.41, 5.74) is 3.07. The highest BCUT2D eigenvalue weighted by atomic mass is 16.5. The Morgan fingerprint density at radius 1 is 1.00 bits per heavy atom. The molecular formula is C24H31NO3. The van der Waals surface area contributed by atoms with Gasteiger partial charge in [0.05, 0.1) is 17.9 Å². The molecule has 0 amide bonds. The van der Waals surface area contributed by atoms with E-state index < -0.39 is 5.97 Å². The molecule has 0 heterocycles. The van der Waals surface area contributed by atoms with Gasteiger partial charge in [-0.15, -0.1) is 0 Å². The molecule has 2 aromatic carbocycles. The average molecular weight is 382 g/mol. The summed E-state index contributed by atoms with van der Waals surface area (Å²) in [5.74, 6) is -0.0420. The maximum atomic E-state index is 10.9. The van der Waals surface area contributed by atoms with Crippen LogP contribution in [0.3, 0.4) is 0 Å². The van der Waals surface area contributed by atoms with Gasteiger partial charge in [-0.25, -0.2) is 4.79 Å². The molecule has 0 atom stereocenters. The zero-order chi connectivity index (χ0) is 20.2. The SMILES string of the molecule is CCCCCCCCCOc1ccc(N=Cc2ccc(C(=O)O)cc2)c(C)c1. The third kappa shape index (κ3) is 7.55. The van der Waals surface area contributed by atoms with Crippen LogP contribution in [0, 0.1) is 6.92 Å². The number of nitrogens with zero attached hydrogens (tertiary/aromatic N) is 1. The number of benzene rings is 2. The van der Waals surface area contributed by atoms with E-state index in [-0.39, 0.29) is 5.56 Å². The minimum absolute atomic E-state index is 0.274. The fraction of sp³-hybridized carbons (Fsp3) is 0.417. The Bertz CT molecular complexity index is 766. The number of aryl methyl sites for hydroxylation is 1. The molecule has 0 aromatic heterocycles. The van der Waals surface area contributed by atoms with E-state index in [2.05, 4.69) is 11.9 Å². The second-order valence-corrected chi connectivity index (χ2v) is 7.10. The number of unbranched alkanes of at least 4 members (excludes halogenated alkanes) is 6. The lowest BCUT2D eigenvalue weighted by Gasteiger charge is -2.08. The van der Waals surface area contributed by atoms with Gasteiger partial charge in [0.25, 0.3) is 0 Å². The fourth-order valence-corrected chi connectivity index (χ4v) is 2.97. The zero-order valence-corrected chi connectivity index (χ0v) is 17.0. The van der Waals surface area contributed by atoms with Crippen LogP contribution in [0.4, 0.5) is 5.69 Å². The lowest BCUT2D eigenvalue weighted by Crippen LogP contribution is -1.97. The Labute approximate surface area is 168 Å². The molecule has 0 saturated carbocycles. The first kappa shape index (κ1) is 21.7. The molecule has 0 spiro atoms. The number of hydrogen-bond acceptors (Lipinski definition) is 3. The predicted octanol–water partition coefficient (Wildman–Crippen LogP) is 6.57. The lowest BCUT2D eigenvalue weighted by atomic mass is 10.1. The monoisotopic (exact) mass is 381 g/mol. The molecule has 150 valence electrons. The van der Waals surface area contributed by atoms with Crippen molar-refractivity contribution in [2.24, 2.45) is 4.99 Å². The van der Waals surface area contributed by atoms with Crippen molar-refractivity contribution < 1.29 is 14.6 Å². The minimum Gasteiger partial charge on any atom is -0.494 e. The molecule has 0 aliphatic carbocycles. The topological polar surface area (TPSA) is 58.9 Å². The van der Waals surface area contributed by atoms with Gasteiger partial charge in [-0.2, -0.15) is 0 Å². The number of rotatable bonds is 12. The Morgan fingerprint density at radius 3 is 2.32 bits per heavy atom. The maximum Gasteiger partial charge on any atom is 0.335 e. The van der Waals surface area contributed by atoms with Crippen molar-refractivity contribution in [3.63, 3.8) is 0 Å². The zero-order valence-electron chi connectivity index (χ0n) is 17.0. The molecule has 4 heteroatoms. The smallest absolute Gasteiger partial charge is 0.335 e. The fourth-order valence-electron chi connectivity index (χ4n) is 2.97. The van der Waals surface area contributed by atoms with Crippen LogP contribution in [0.5, 0.6) is 5.75 Å². The Balaban J connectivity index is 1.79. The first-order chi connectivity index (χ1) is 13.6. The van der Waals surface area contributed by atoms with Crippen LogP contribution in [0.25, 0.3) is 0 Å². The number of ether oxygens (including phenoxy) is 1. The van der Waals surface area contributed by atoms with Crippen LogP contribution in [0.2, 0.25) is 0 Å². The highest BCUT2D eigenvalue weighted by Crippen LogP contribution is 2.24. The van der Waals surface area contributed by atoms with Crippen molar-refractivity contribution in [2.45, 2.75) is 58.8 Å². The Hall–Kier alpha value is -2.62. The van der Waals surface area contributed by atoms with Gasteiger partial charge in [0.2, 0.25) is 0 Å². The molecule has 2 aromatic rings. The van der Waals surface area contributed by atoms with Crippen molar-refractivity contribution in [1.82, 2.24) is 0 Å². The molecule has 0 bridgehead atoms. The van der Waals surface area contributed by atoms with Gasteiger partial charge >= 0.3 is 5.97 Å². The molecule has 4 nitrogen and oxygen atoms in total. The van der Waals surface area contributed by atoms with Gasteiger partial charge in [-0.1, -0.05) is 57.6 Å². The van der Waals surface area contributed by atoms with E-state index in [1.165, 1.54) is 38.5 Å². The highest BCUT2D eigenvalue weighted by Gasteiger charge is 2.02. The van der Waals surface area contributed by atoms with Gasteiger partial charge in [0.1, 0.15) is 5.75 Å². The predicted molar refractivity (Wildman–Crippen MR) is 115 cm³/mol. The Morgan fingerprint density at radius 2 is 1.68 bits per heavy atom. The molecule has 0 fully saturated rings. The van der Waals surface area contributed by atoms with Crippen molar-refractivity contribution in [3.05, 3.63) is 59.2 Å². The molecule has 28 heavy (non-hydrogen) atoms. The number of aromatic carboxylic acids is 1. The summed E-state index contributed by atoms with van der Waals surface area (Å²) in [4.78, 5) is 15.4. The first-order valence-electron chi connectivity index (χ1n) is 10.2. The van der Waals surface area contributed by atoms with E-state index in [0.29, 0.717) is 0 Å². The third-order valence-electron chi connectivity index (χ3n) is 4.70. The highest BCUT2D eigenvalue weighted by molar-refractivity contribution is 5.89. The first-order valence-corrected chi connectivity index (χ1v) is 10.2. The molecule has 0 unspecified atom stereocenters. The van der Waals surface area contributed by atoms with Crippen LogP contribution in [-0.4, -0.2) is 23.9 Å². The van der Waals surface area contributed by atoms with E-state index >= 15 is 0 Å². The quantitative estimate of drug-likeness (QED) is 0.334. The van der Waals surface area contributed by atoms with Gasteiger partial charge in [0, 0.05) is 6.21 Å². The van der Waals surface area contributed by atoms with E-state index in [4.69, 9.17) is 9.84 Å². The van der Waals surface area contributed by atoms with Crippen LogP contribution in [0.1, 0.15) is 73.4 Å². The molecule has 1 N–H and O–H groups in total. The summed E-state index contributed by atoms with van der Waals surface area (Å²) in [6.07, 6.45) is 10.7. The van der Waals surface area contributed by atoms with Crippen molar-refractivity contribution in [3.8, 4) is 5.75 Å². The van der Waals surface area contributed by atoms with Crippen LogP contribution < -0.4 is 4.74 Å². The van der Waals surface area contributed by atoms with E-state index in [0.717, 1.165) is 35.6 Å². The summed E-state index contributed by atoms with van der Waals surface area (Å²) < 4.78 is 5.86. The summed E-state index contributed by atoms with van der Waals surface area (Å²) in [6.45, 7) is 5.01. The molecule has 0 saturated heterocycles. The van der Waals surface area contributed by atoms with Gasteiger partial charge < -0.3 is 9.84 Å². The van der Waals surface area contributed by atoms with Crippen molar-refractivity contribution in [1.29, 1.82) is 0 Å². The summed E-state index contributed by atoms with van der Waals surface area (Å²) in [7, 11) is 0. The third-order valence-corrected chi connectivity index (χ3v) is 4.70.